The van der Waals surface area contributed by atoms with E-state index in [2.05, 4.69) is 10.2 Å². The number of aryl methyl sites for hydroxylation is 1. The standard InChI is InChI=1S/C15H23N3O/c1-12-11-13(5-6-14(12)16)15(19)17-7-4-10-18-8-2-3-9-18/h5-6,11H,2-4,7-10,16H2,1H3,(H,17,19). The lowest BCUT2D eigenvalue weighted by Crippen LogP contribution is -2.28. The fourth-order valence-corrected chi connectivity index (χ4v) is 2.43. The molecular formula is C15H23N3O. The van der Waals surface area contributed by atoms with Crippen molar-refractivity contribution in [3.05, 3.63) is 29.3 Å². The van der Waals surface area contributed by atoms with Crippen molar-refractivity contribution in [2.75, 3.05) is 31.9 Å². The van der Waals surface area contributed by atoms with Gasteiger partial charge in [0.05, 0.1) is 0 Å². The first kappa shape index (κ1) is 13.9. The summed E-state index contributed by atoms with van der Waals surface area (Å²) in [4.78, 5) is 14.4. The summed E-state index contributed by atoms with van der Waals surface area (Å²) in [7, 11) is 0. The van der Waals surface area contributed by atoms with Crippen LogP contribution in [0, 0.1) is 6.92 Å². The van der Waals surface area contributed by atoms with Crippen molar-refractivity contribution >= 4 is 11.6 Å². The van der Waals surface area contributed by atoms with Crippen molar-refractivity contribution in [3.63, 3.8) is 0 Å². The van der Waals surface area contributed by atoms with Crippen LogP contribution in [-0.2, 0) is 0 Å². The van der Waals surface area contributed by atoms with Gasteiger partial charge in [0, 0.05) is 17.8 Å². The van der Waals surface area contributed by atoms with E-state index < -0.39 is 0 Å². The summed E-state index contributed by atoms with van der Waals surface area (Å²) in [5.41, 5.74) is 8.11. The molecule has 104 valence electrons. The number of nitrogens with zero attached hydrogens (tertiary/aromatic N) is 1. The fourth-order valence-electron chi connectivity index (χ4n) is 2.43. The molecule has 2 rings (SSSR count). The van der Waals surface area contributed by atoms with E-state index in [1.54, 1.807) is 12.1 Å². The zero-order valence-electron chi connectivity index (χ0n) is 11.6. The molecular weight excluding hydrogens is 238 g/mol. The highest BCUT2D eigenvalue weighted by molar-refractivity contribution is 5.94. The summed E-state index contributed by atoms with van der Waals surface area (Å²) < 4.78 is 0. The van der Waals surface area contributed by atoms with Gasteiger partial charge < -0.3 is 16.0 Å². The fraction of sp³-hybridized carbons (Fsp3) is 0.533. The first-order chi connectivity index (χ1) is 9.16. The molecule has 0 radical (unpaired) electrons. The van der Waals surface area contributed by atoms with Crippen LogP contribution in [-0.4, -0.2) is 37.0 Å². The summed E-state index contributed by atoms with van der Waals surface area (Å²) in [6.07, 6.45) is 3.65. The molecule has 1 fully saturated rings. The summed E-state index contributed by atoms with van der Waals surface area (Å²) in [5.74, 6) is -0.00970. The first-order valence-electron chi connectivity index (χ1n) is 7.03. The maximum Gasteiger partial charge on any atom is 0.251 e. The minimum atomic E-state index is -0.00970. The highest BCUT2D eigenvalue weighted by atomic mass is 16.1. The number of anilines is 1. The van der Waals surface area contributed by atoms with Crippen molar-refractivity contribution in [1.82, 2.24) is 10.2 Å². The Morgan fingerprint density at radius 3 is 2.79 bits per heavy atom. The number of likely N-dealkylation sites (tertiary alicyclic amines) is 1. The number of nitrogens with two attached hydrogens (primary N) is 1. The normalized spacial score (nSPS) is 15.6. The third kappa shape index (κ3) is 3.96. The number of amides is 1. The average molecular weight is 261 g/mol. The Morgan fingerprint density at radius 2 is 2.11 bits per heavy atom. The van der Waals surface area contributed by atoms with Gasteiger partial charge in [-0.15, -0.1) is 0 Å². The van der Waals surface area contributed by atoms with Gasteiger partial charge in [-0.1, -0.05) is 0 Å². The third-order valence-electron chi connectivity index (χ3n) is 3.67. The Bertz CT molecular complexity index is 439. The van der Waals surface area contributed by atoms with E-state index in [1.165, 1.54) is 25.9 Å². The van der Waals surface area contributed by atoms with Crippen molar-refractivity contribution in [2.45, 2.75) is 26.2 Å². The highest BCUT2D eigenvalue weighted by Gasteiger charge is 2.11. The highest BCUT2D eigenvalue weighted by Crippen LogP contribution is 2.12. The molecule has 0 spiro atoms. The minimum Gasteiger partial charge on any atom is -0.399 e. The Labute approximate surface area is 115 Å². The van der Waals surface area contributed by atoms with Crippen LogP contribution in [0.25, 0.3) is 0 Å². The molecule has 1 aliphatic rings. The van der Waals surface area contributed by atoms with E-state index in [1.807, 2.05) is 13.0 Å². The third-order valence-corrected chi connectivity index (χ3v) is 3.67. The van der Waals surface area contributed by atoms with Gasteiger partial charge in [-0.25, -0.2) is 0 Å². The van der Waals surface area contributed by atoms with Gasteiger partial charge in [-0.05, 0) is 69.6 Å². The zero-order chi connectivity index (χ0) is 13.7. The van der Waals surface area contributed by atoms with E-state index >= 15 is 0 Å². The molecule has 0 atom stereocenters. The van der Waals surface area contributed by atoms with Crippen LogP contribution < -0.4 is 11.1 Å². The molecule has 1 aliphatic heterocycles. The van der Waals surface area contributed by atoms with Gasteiger partial charge >= 0.3 is 0 Å². The molecule has 0 saturated carbocycles. The molecule has 0 bridgehead atoms. The summed E-state index contributed by atoms with van der Waals surface area (Å²) in [5, 5.41) is 2.96. The second-order valence-corrected chi connectivity index (χ2v) is 5.23. The van der Waals surface area contributed by atoms with Crippen molar-refractivity contribution < 1.29 is 4.79 Å². The molecule has 0 unspecified atom stereocenters. The average Bonchev–Trinajstić information content (AvgIpc) is 2.91. The van der Waals surface area contributed by atoms with Crippen LogP contribution in [0.1, 0.15) is 35.2 Å². The number of benzene rings is 1. The maximum absolute atomic E-state index is 11.9. The van der Waals surface area contributed by atoms with Crippen LogP contribution in [0.4, 0.5) is 5.69 Å². The molecule has 1 heterocycles. The molecule has 19 heavy (non-hydrogen) atoms. The van der Waals surface area contributed by atoms with Gasteiger partial charge in [-0.2, -0.15) is 0 Å². The molecule has 3 N–H and O–H groups in total. The van der Waals surface area contributed by atoms with Crippen LogP contribution in [0.15, 0.2) is 18.2 Å². The van der Waals surface area contributed by atoms with Gasteiger partial charge in [-0.3, -0.25) is 4.79 Å². The number of nitrogen functional groups attached to an aromatic ring is 1. The Hall–Kier alpha value is -1.55. The van der Waals surface area contributed by atoms with Crippen LogP contribution in [0.5, 0.6) is 0 Å². The molecule has 0 aromatic heterocycles. The predicted molar refractivity (Wildman–Crippen MR) is 78.2 cm³/mol. The molecule has 1 amide bonds. The van der Waals surface area contributed by atoms with Gasteiger partial charge in [0.2, 0.25) is 0 Å². The SMILES string of the molecule is Cc1cc(C(=O)NCCCN2CCCC2)ccc1N. The largest absolute Gasteiger partial charge is 0.399 e. The topological polar surface area (TPSA) is 58.4 Å². The zero-order valence-corrected chi connectivity index (χ0v) is 11.6. The van der Waals surface area contributed by atoms with E-state index in [-0.39, 0.29) is 5.91 Å². The van der Waals surface area contributed by atoms with Crippen LogP contribution >= 0.6 is 0 Å². The summed E-state index contributed by atoms with van der Waals surface area (Å²) in [6, 6.07) is 5.40. The second kappa shape index (κ2) is 6.57. The predicted octanol–water partition coefficient (Wildman–Crippen LogP) is 1.79. The van der Waals surface area contributed by atoms with Gasteiger partial charge in [0.25, 0.3) is 5.91 Å². The Kier molecular flexibility index (Phi) is 4.80. The molecule has 1 aromatic carbocycles. The van der Waals surface area contributed by atoms with Gasteiger partial charge in [0.1, 0.15) is 0 Å². The van der Waals surface area contributed by atoms with Crippen molar-refractivity contribution in [1.29, 1.82) is 0 Å². The number of carbonyl (C=O) groups excluding carboxylic acids is 1. The maximum atomic E-state index is 11.9. The number of nitrogens with one attached hydrogen (secondary N) is 1. The van der Waals surface area contributed by atoms with Crippen LogP contribution in [0.2, 0.25) is 0 Å². The van der Waals surface area contributed by atoms with Crippen LogP contribution in [0.3, 0.4) is 0 Å². The van der Waals surface area contributed by atoms with E-state index in [0.717, 1.165) is 30.8 Å². The molecule has 0 aliphatic carbocycles. The minimum absolute atomic E-state index is 0.00970. The smallest absolute Gasteiger partial charge is 0.251 e. The van der Waals surface area contributed by atoms with Crippen molar-refractivity contribution in [2.24, 2.45) is 0 Å². The lowest BCUT2D eigenvalue weighted by Gasteiger charge is -2.14. The number of hydrogen-bond donors (Lipinski definition) is 2. The summed E-state index contributed by atoms with van der Waals surface area (Å²) >= 11 is 0. The summed E-state index contributed by atoms with van der Waals surface area (Å²) in [6.45, 7) is 6.16. The lowest BCUT2D eigenvalue weighted by molar-refractivity contribution is 0.0952. The quantitative estimate of drug-likeness (QED) is 0.627. The van der Waals surface area contributed by atoms with Crippen molar-refractivity contribution in [3.8, 4) is 0 Å². The monoisotopic (exact) mass is 261 g/mol. The van der Waals surface area contributed by atoms with Gasteiger partial charge in [0.15, 0.2) is 0 Å². The van der Waals surface area contributed by atoms with E-state index in [0.29, 0.717) is 5.56 Å². The Balaban J connectivity index is 1.72. The second-order valence-electron chi connectivity index (χ2n) is 5.23. The molecule has 1 saturated heterocycles. The Morgan fingerprint density at radius 1 is 1.37 bits per heavy atom. The molecule has 1 aromatic rings. The molecule has 4 heteroatoms. The number of rotatable bonds is 5. The van der Waals surface area contributed by atoms with E-state index in [9.17, 15) is 4.79 Å². The molecule has 4 nitrogen and oxygen atoms in total. The lowest BCUT2D eigenvalue weighted by atomic mass is 10.1. The first-order valence-corrected chi connectivity index (χ1v) is 7.03. The van der Waals surface area contributed by atoms with E-state index in [4.69, 9.17) is 5.73 Å². The number of carbonyl (C=O) groups is 1. The number of hydrogen-bond acceptors (Lipinski definition) is 3.